The molecule has 2 rings (SSSR count). The molecule has 0 aliphatic rings. The highest BCUT2D eigenvalue weighted by molar-refractivity contribution is 6.01. The van der Waals surface area contributed by atoms with E-state index in [2.05, 4.69) is 10.6 Å². The number of carbonyl (C=O) groups excluding carboxylic acids is 1. The molecule has 132 valence electrons. The Balaban J connectivity index is 2.39. The lowest BCUT2D eigenvalue weighted by atomic mass is 9.98. The monoisotopic (exact) mass is 343 g/mol. The van der Waals surface area contributed by atoms with Gasteiger partial charge in [0.05, 0.1) is 4.92 Å². The number of non-ortho nitro benzene ring substituents is 1. The maximum absolute atomic E-state index is 12.2. The lowest BCUT2D eigenvalue weighted by molar-refractivity contribution is -0.384. The maximum Gasteiger partial charge on any atom is 0.270 e. The van der Waals surface area contributed by atoms with Gasteiger partial charge in [0.2, 0.25) is 0 Å². The van der Waals surface area contributed by atoms with Crippen molar-refractivity contribution in [2.45, 2.75) is 6.42 Å². The number of nitro groups is 1. The molecule has 25 heavy (non-hydrogen) atoms. The summed E-state index contributed by atoms with van der Waals surface area (Å²) in [5.41, 5.74) is 2.54. The number of rotatable bonds is 8. The second-order valence-corrected chi connectivity index (χ2v) is 5.42. The molecule has 7 nitrogen and oxygen atoms in total. The van der Waals surface area contributed by atoms with Gasteiger partial charge in [-0.3, -0.25) is 14.9 Å². The Bertz CT molecular complexity index is 762. The minimum atomic E-state index is -0.448. The van der Waals surface area contributed by atoms with E-state index in [0.717, 1.165) is 18.7 Å². The second kappa shape index (κ2) is 8.79. The molecular weight excluding hydrogens is 322 g/mol. The van der Waals surface area contributed by atoms with Gasteiger partial charge in [-0.1, -0.05) is 12.1 Å². The van der Waals surface area contributed by atoms with Crippen molar-refractivity contribution in [3.05, 3.63) is 58.1 Å². The third-order valence-corrected chi connectivity index (χ3v) is 3.71. The molecule has 0 unspecified atom stereocenters. The highest BCUT2D eigenvalue weighted by Crippen LogP contribution is 2.29. The summed E-state index contributed by atoms with van der Waals surface area (Å²) in [7, 11) is 3.20. The summed E-state index contributed by atoms with van der Waals surface area (Å²) in [5, 5.41) is 16.9. The number of nitrogens with zero attached hydrogens (tertiary/aromatic N) is 1. The number of methoxy groups -OCH3 is 1. The number of nitrogens with one attached hydrogen (secondary N) is 2. The second-order valence-electron chi connectivity index (χ2n) is 5.42. The number of amides is 1. The number of hydrogen-bond acceptors (Lipinski definition) is 5. The molecule has 0 bridgehead atoms. The zero-order chi connectivity index (χ0) is 18.2. The molecule has 0 spiro atoms. The fourth-order valence-electron chi connectivity index (χ4n) is 2.46. The summed E-state index contributed by atoms with van der Waals surface area (Å²) in [6.45, 7) is 1.38. The first-order chi connectivity index (χ1) is 12.1. The number of nitro benzene ring substituents is 1. The molecule has 2 N–H and O–H groups in total. The Kier molecular flexibility index (Phi) is 6.47. The van der Waals surface area contributed by atoms with Crippen molar-refractivity contribution in [2.75, 3.05) is 32.6 Å². The highest BCUT2D eigenvalue weighted by atomic mass is 16.6. The first-order valence-electron chi connectivity index (χ1n) is 7.90. The molecule has 0 aliphatic heterocycles. The zero-order valence-electron chi connectivity index (χ0n) is 14.2. The first-order valence-corrected chi connectivity index (χ1v) is 7.90. The maximum atomic E-state index is 12.2. The van der Waals surface area contributed by atoms with Crippen LogP contribution in [0.15, 0.2) is 42.5 Å². The van der Waals surface area contributed by atoms with Gasteiger partial charge in [0.25, 0.3) is 11.6 Å². The van der Waals surface area contributed by atoms with Crippen molar-refractivity contribution in [1.82, 2.24) is 5.32 Å². The van der Waals surface area contributed by atoms with Crippen LogP contribution >= 0.6 is 0 Å². The van der Waals surface area contributed by atoms with Crippen molar-refractivity contribution in [3.8, 4) is 11.1 Å². The summed E-state index contributed by atoms with van der Waals surface area (Å²) in [5.74, 6) is -0.243. The largest absolute Gasteiger partial charge is 0.385 e. The van der Waals surface area contributed by atoms with E-state index in [1.807, 2.05) is 12.1 Å². The minimum Gasteiger partial charge on any atom is -0.385 e. The topological polar surface area (TPSA) is 93.5 Å². The van der Waals surface area contributed by atoms with Crippen LogP contribution < -0.4 is 10.6 Å². The smallest absolute Gasteiger partial charge is 0.270 e. The van der Waals surface area contributed by atoms with Gasteiger partial charge in [-0.25, -0.2) is 0 Å². The van der Waals surface area contributed by atoms with E-state index in [0.29, 0.717) is 23.3 Å². The van der Waals surface area contributed by atoms with E-state index in [1.165, 1.54) is 12.1 Å². The molecule has 0 aliphatic carbocycles. The highest BCUT2D eigenvalue weighted by Gasteiger charge is 2.15. The van der Waals surface area contributed by atoms with E-state index < -0.39 is 4.92 Å². The average Bonchev–Trinajstić information content (AvgIpc) is 2.64. The van der Waals surface area contributed by atoms with Crippen molar-refractivity contribution < 1.29 is 14.5 Å². The molecular formula is C18H21N3O4. The molecule has 0 fully saturated rings. The van der Waals surface area contributed by atoms with Crippen molar-refractivity contribution >= 4 is 17.3 Å². The lowest BCUT2D eigenvalue weighted by Gasteiger charge is -2.13. The Morgan fingerprint density at radius 1 is 1.24 bits per heavy atom. The van der Waals surface area contributed by atoms with E-state index >= 15 is 0 Å². The summed E-state index contributed by atoms with van der Waals surface area (Å²) in [6, 6.07) is 11.6. The van der Waals surface area contributed by atoms with Crippen molar-refractivity contribution in [2.24, 2.45) is 0 Å². The van der Waals surface area contributed by atoms with E-state index in [-0.39, 0.29) is 11.6 Å². The first kappa shape index (κ1) is 18.4. The van der Waals surface area contributed by atoms with Gasteiger partial charge >= 0.3 is 0 Å². The van der Waals surface area contributed by atoms with Gasteiger partial charge in [-0.2, -0.15) is 0 Å². The molecule has 0 heterocycles. The third kappa shape index (κ3) is 4.77. The van der Waals surface area contributed by atoms with Crippen LogP contribution in [0.4, 0.5) is 11.4 Å². The number of hydrogen-bond donors (Lipinski definition) is 2. The fourth-order valence-corrected chi connectivity index (χ4v) is 2.46. The van der Waals surface area contributed by atoms with Gasteiger partial charge in [0, 0.05) is 50.7 Å². The van der Waals surface area contributed by atoms with Gasteiger partial charge in [-0.05, 0) is 35.7 Å². The van der Waals surface area contributed by atoms with E-state index in [9.17, 15) is 14.9 Å². The molecule has 0 saturated carbocycles. The molecule has 1 amide bonds. The molecule has 0 aromatic heterocycles. The van der Waals surface area contributed by atoms with Crippen LogP contribution in [0.5, 0.6) is 0 Å². The van der Waals surface area contributed by atoms with Crippen molar-refractivity contribution in [1.29, 1.82) is 0 Å². The summed E-state index contributed by atoms with van der Waals surface area (Å²) in [6.07, 6.45) is 0.847. The van der Waals surface area contributed by atoms with Gasteiger partial charge in [0.15, 0.2) is 0 Å². The van der Waals surface area contributed by atoms with Gasteiger partial charge in [-0.15, -0.1) is 0 Å². The summed E-state index contributed by atoms with van der Waals surface area (Å²) < 4.78 is 5.02. The number of carbonyl (C=O) groups is 1. The summed E-state index contributed by atoms with van der Waals surface area (Å²) in [4.78, 5) is 22.7. The van der Waals surface area contributed by atoms with Gasteiger partial charge < -0.3 is 15.4 Å². The van der Waals surface area contributed by atoms with Crippen LogP contribution in [-0.4, -0.2) is 38.1 Å². The minimum absolute atomic E-state index is 0.0150. The van der Waals surface area contributed by atoms with Crippen LogP contribution in [0, 0.1) is 10.1 Å². The molecule has 0 atom stereocenters. The lowest BCUT2D eigenvalue weighted by Crippen LogP contribution is -2.19. The fraction of sp³-hybridized carbons (Fsp3) is 0.278. The SMILES string of the molecule is CNC(=O)c1ccc(NCCCOC)cc1-c1cccc([N+](=O)[O-])c1. The standard InChI is InChI=1S/C18H21N3O4/c1-19-18(22)16-8-7-14(20-9-4-10-25-2)12-17(16)13-5-3-6-15(11-13)21(23)24/h3,5-8,11-12,20H,4,9-10H2,1-2H3,(H,19,22). The van der Waals surface area contributed by atoms with Crippen molar-refractivity contribution in [3.63, 3.8) is 0 Å². The Morgan fingerprint density at radius 2 is 2.04 bits per heavy atom. The normalized spacial score (nSPS) is 10.3. The van der Waals surface area contributed by atoms with Crippen LogP contribution in [0.1, 0.15) is 16.8 Å². The zero-order valence-corrected chi connectivity index (χ0v) is 14.2. The summed E-state index contributed by atoms with van der Waals surface area (Å²) >= 11 is 0. The quantitative estimate of drug-likeness (QED) is 0.436. The van der Waals surface area contributed by atoms with Gasteiger partial charge in [0.1, 0.15) is 0 Å². The van der Waals surface area contributed by atoms with Crippen LogP contribution in [0.2, 0.25) is 0 Å². The molecule has 2 aromatic rings. The third-order valence-electron chi connectivity index (χ3n) is 3.71. The Labute approximate surface area is 146 Å². The predicted octanol–water partition coefficient (Wildman–Crippen LogP) is 3.07. The van der Waals surface area contributed by atoms with E-state index in [1.54, 1.807) is 32.4 Å². The number of ether oxygens (including phenoxy) is 1. The van der Waals surface area contributed by atoms with Crippen LogP contribution in [-0.2, 0) is 4.74 Å². The molecule has 7 heteroatoms. The van der Waals surface area contributed by atoms with Crippen LogP contribution in [0.3, 0.4) is 0 Å². The molecule has 0 saturated heterocycles. The predicted molar refractivity (Wildman–Crippen MR) is 96.9 cm³/mol. The Hall–Kier alpha value is -2.93. The van der Waals surface area contributed by atoms with E-state index in [4.69, 9.17) is 4.74 Å². The average molecular weight is 343 g/mol. The molecule has 2 aromatic carbocycles. The Morgan fingerprint density at radius 3 is 2.72 bits per heavy atom. The number of anilines is 1. The van der Waals surface area contributed by atoms with Crippen LogP contribution in [0.25, 0.3) is 11.1 Å². The molecule has 0 radical (unpaired) electrons. The number of benzene rings is 2.